The van der Waals surface area contributed by atoms with Crippen LogP contribution in [-0.2, 0) is 0 Å². The highest BCUT2D eigenvalue weighted by molar-refractivity contribution is 5.99. The number of hydrogen-bond acceptors (Lipinski definition) is 3. The number of nitrogens with one attached hydrogen (secondary N) is 1. The van der Waals surface area contributed by atoms with Gasteiger partial charge in [0.25, 0.3) is 0 Å². The lowest BCUT2D eigenvalue weighted by Crippen LogP contribution is -2.46. The van der Waals surface area contributed by atoms with E-state index in [1.165, 1.54) is 6.26 Å². The summed E-state index contributed by atoms with van der Waals surface area (Å²) in [4.78, 5) is 11.6. The molecule has 0 saturated carbocycles. The largest absolute Gasteiger partial charge is 0.472 e. The van der Waals surface area contributed by atoms with E-state index >= 15 is 0 Å². The van der Waals surface area contributed by atoms with Gasteiger partial charge in [0.2, 0.25) is 0 Å². The predicted octanol–water partition coefficient (Wildman–Crippen LogP) is 0.990. The van der Waals surface area contributed by atoms with Crippen LogP contribution < -0.4 is 5.32 Å². The molecule has 1 aromatic heterocycles. The van der Waals surface area contributed by atoms with Gasteiger partial charge in [0.05, 0.1) is 11.8 Å². The van der Waals surface area contributed by atoms with Crippen molar-refractivity contribution in [1.29, 1.82) is 0 Å². The van der Waals surface area contributed by atoms with Crippen molar-refractivity contribution in [3.8, 4) is 0 Å². The number of rotatable bonds is 2. The molecule has 1 N–H and O–H groups in total. The smallest absolute Gasteiger partial charge is 0.171 e. The molecule has 1 saturated heterocycles. The number of aryl methyl sites for hydroxylation is 1. The van der Waals surface area contributed by atoms with Crippen molar-refractivity contribution < 1.29 is 9.21 Å². The second-order valence-corrected chi connectivity index (χ2v) is 3.19. The Bertz CT molecular complexity index is 299. The van der Waals surface area contributed by atoms with Crippen LogP contribution in [-0.4, -0.2) is 18.9 Å². The number of Topliss-reactive ketones (excluding diaryl/α,β-unsaturated/α-hetero) is 1. The maximum Gasteiger partial charge on any atom is 0.171 e. The van der Waals surface area contributed by atoms with E-state index in [4.69, 9.17) is 4.42 Å². The summed E-state index contributed by atoms with van der Waals surface area (Å²) in [5.41, 5.74) is 1.67. The van der Waals surface area contributed by atoms with Gasteiger partial charge in [-0.25, -0.2) is 0 Å². The highest BCUT2D eigenvalue weighted by atomic mass is 16.3. The molecule has 1 aliphatic heterocycles. The molecule has 64 valence electrons. The van der Waals surface area contributed by atoms with Gasteiger partial charge in [0, 0.05) is 19.0 Å². The van der Waals surface area contributed by atoms with E-state index < -0.39 is 0 Å². The Morgan fingerprint density at radius 3 is 2.75 bits per heavy atom. The molecule has 1 fully saturated rings. The third-order valence-electron chi connectivity index (χ3n) is 2.27. The third-order valence-corrected chi connectivity index (χ3v) is 2.27. The lowest BCUT2D eigenvalue weighted by Gasteiger charge is -2.25. The monoisotopic (exact) mass is 165 g/mol. The minimum Gasteiger partial charge on any atom is -0.472 e. The lowest BCUT2D eigenvalue weighted by molar-refractivity contribution is 0.0877. The van der Waals surface area contributed by atoms with Gasteiger partial charge in [-0.3, -0.25) is 4.79 Å². The van der Waals surface area contributed by atoms with Crippen molar-refractivity contribution in [2.45, 2.75) is 6.92 Å². The average Bonchev–Trinajstić information content (AvgIpc) is 2.31. The molecule has 0 unspecified atom stereocenters. The first-order valence-electron chi connectivity index (χ1n) is 4.07. The van der Waals surface area contributed by atoms with Crippen LogP contribution in [0, 0.1) is 12.8 Å². The van der Waals surface area contributed by atoms with E-state index in [0.717, 1.165) is 24.2 Å². The Kier molecular flexibility index (Phi) is 1.73. The lowest BCUT2D eigenvalue weighted by atomic mass is 9.93. The van der Waals surface area contributed by atoms with Gasteiger partial charge < -0.3 is 9.73 Å². The number of furan rings is 1. The summed E-state index contributed by atoms with van der Waals surface area (Å²) in [6.07, 6.45) is 3.15. The van der Waals surface area contributed by atoms with E-state index in [-0.39, 0.29) is 11.7 Å². The molecule has 0 aliphatic carbocycles. The molecule has 0 amide bonds. The van der Waals surface area contributed by atoms with E-state index in [1.807, 2.05) is 6.92 Å². The topological polar surface area (TPSA) is 42.2 Å². The zero-order valence-electron chi connectivity index (χ0n) is 6.96. The van der Waals surface area contributed by atoms with E-state index in [9.17, 15) is 4.79 Å². The Hall–Kier alpha value is -1.09. The van der Waals surface area contributed by atoms with Crippen LogP contribution in [0.5, 0.6) is 0 Å². The fourth-order valence-corrected chi connectivity index (χ4v) is 1.31. The van der Waals surface area contributed by atoms with Crippen LogP contribution in [0.15, 0.2) is 16.9 Å². The van der Waals surface area contributed by atoms with Crippen LogP contribution in [0.2, 0.25) is 0 Å². The number of carbonyl (C=O) groups excluding carboxylic acids is 1. The molecule has 3 nitrogen and oxygen atoms in total. The zero-order valence-corrected chi connectivity index (χ0v) is 6.96. The molecular formula is C9H11NO2. The second kappa shape index (κ2) is 2.75. The van der Waals surface area contributed by atoms with Crippen molar-refractivity contribution >= 4 is 5.78 Å². The van der Waals surface area contributed by atoms with Crippen LogP contribution in [0.25, 0.3) is 0 Å². The maximum absolute atomic E-state index is 11.6. The van der Waals surface area contributed by atoms with Crippen molar-refractivity contribution in [1.82, 2.24) is 5.32 Å². The number of ketones is 1. The molecule has 1 aromatic rings. The van der Waals surface area contributed by atoms with Gasteiger partial charge in [-0.1, -0.05) is 0 Å². The molecule has 2 heterocycles. The summed E-state index contributed by atoms with van der Waals surface area (Å²) < 4.78 is 4.94. The molecule has 0 bridgehead atoms. The van der Waals surface area contributed by atoms with Crippen LogP contribution in [0.3, 0.4) is 0 Å². The highest BCUT2D eigenvalue weighted by Crippen LogP contribution is 2.16. The van der Waals surface area contributed by atoms with Crippen molar-refractivity contribution in [2.75, 3.05) is 13.1 Å². The number of hydrogen-bond donors (Lipinski definition) is 1. The first-order valence-corrected chi connectivity index (χ1v) is 4.07. The molecule has 0 atom stereocenters. The first-order chi connectivity index (χ1) is 5.79. The van der Waals surface area contributed by atoms with Crippen molar-refractivity contribution in [3.05, 3.63) is 23.7 Å². The van der Waals surface area contributed by atoms with E-state index in [2.05, 4.69) is 5.32 Å². The average molecular weight is 165 g/mol. The Labute approximate surface area is 70.8 Å². The molecule has 12 heavy (non-hydrogen) atoms. The SMILES string of the molecule is Cc1cocc1C(=O)C1CNC1. The minimum absolute atomic E-state index is 0.168. The van der Waals surface area contributed by atoms with E-state index in [1.54, 1.807) is 6.26 Å². The third kappa shape index (κ3) is 1.06. The summed E-state index contributed by atoms with van der Waals surface area (Å²) in [6, 6.07) is 0. The Morgan fingerprint density at radius 2 is 2.33 bits per heavy atom. The van der Waals surface area contributed by atoms with Gasteiger partial charge in [-0.15, -0.1) is 0 Å². The Morgan fingerprint density at radius 1 is 1.58 bits per heavy atom. The summed E-state index contributed by atoms with van der Waals surface area (Å²) >= 11 is 0. The molecule has 3 heteroatoms. The summed E-state index contributed by atoms with van der Waals surface area (Å²) in [5, 5.41) is 3.07. The predicted molar refractivity (Wildman–Crippen MR) is 44.1 cm³/mol. The van der Waals surface area contributed by atoms with Gasteiger partial charge >= 0.3 is 0 Å². The fraction of sp³-hybridized carbons (Fsp3) is 0.444. The number of carbonyl (C=O) groups is 1. The van der Waals surface area contributed by atoms with Crippen molar-refractivity contribution in [3.63, 3.8) is 0 Å². The van der Waals surface area contributed by atoms with Crippen LogP contribution in [0.4, 0.5) is 0 Å². The zero-order chi connectivity index (χ0) is 8.55. The van der Waals surface area contributed by atoms with Gasteiger partial charge in [-0.2, -0.15) is 0 Å². The van der Waals surface area contributed by atoms with E-state index in [0.29, 0.717) is 0 Å². The normalized spacial score (nSPS) is 17.4. The second-order valence-electron chi connectivity index (χ2n) is 3.19. The minimum atomic E-state index is 0.168. The fourth-order valence-electron chi connectivity index (χ4n) is 1.31. The summed E-state index contributed by atoms with van der Waals surface area (Å²) in [5.74, 6) is 0.376. The standard InChI is InChI=1S/C9H11NO2/c1-6-4-12-5-8(6)9(11)7-2-10-3-7/h4-5,7,10H,2-3H2,1H3. The van der Waals surface area contributed by atoms with Gasteiger partial charge in [0.1, 0.15) is 6.26 Å². The summed E-state index contributed by atoms with van der Waals surface area (Å²) in [6.45, 7) is 3.51. The van der Waals surface area contributed by atoms with Crippen LogP contribution >= 0.6 is 0 Å². The molecule has 0 spiro atoms. The van der Waals surface area contributed by atoms with Gasteiger partial charge in [-0.05, 0) is 12.5 Å². The van der Waals surface area contributed by atoms with Crippen molar-refractivity contribution in [2.24, 2.45) is 5.92 Å². The molecule has 2 rings (SSSR count). The molecule has 0 aromatic carbocycles. The highest BCUT2D eigenvalue weighted by Gasteiger charge is 2.27. The summed E-state index contributed by atoms with van der Waals surface area (Å²) in [7, 11) is 0. The van der Waals surface area contributed by atoms with Crippen LogP contribution in [0.1, 0.15) is 15.9 Å². The van der Waals surface area contributed by atoms with Gasteiger partial charge in [0.15, 0.2) is 5.78 Å². The molecule has 0 radical (unpaired) electrons. The molecule has 1 aliphatic rings. The molecular weight excluding hydrogens is 154 g/mol. The maximum atomic E-state index is 11.6. The quantitative estimate of drug-likeness (QED) is 0.664. The first kappa shape index (κ1) is 7.55. The Balaban J connectivity index is 2.19.